The molecule has 2 aliphatic heterocycles. The van der Waals surface area contributed by atoms with Gasteiger partial charge in [-0.2, -0.15) is 0 Å². The van der Waals surface area contributed by atoms with E-state index in [-0.39, 0.29) is 36.3 Å². The lowest BCUT2D eigenvalue weighted by molar-refractivity contribution is -0.147. The molecule has 0 spiro atoms. The van der Waals surface area contributed by atoms with E-state index < -0.39 is 11.7 Å². The highest BCUT2D eigenvalue weighted by Gasteiger charge is 2.50. The first-order chi connectivity index (χ1) is 14.5. The number of nitrogens with zero attached hydrogens (tertiary/aromatic N) is 2. The van der Waals surface area contributed by atoms with Gasteiger partial charge in [-0.1, -0.05) is 42.5 Å². The lowest BCUT2D eigenvalue weighted by Crippen LogP contribution is -2.54. The van der Waals surface area contributed by atoms with Crippen molar-refractivity contribution in [3.05, 3.63) is 65.5 Å². The van der Waals surface area contributed by atoms with Crippen molar-refractivity contribution >= 4 is 11.9 Å². The molecule has 2 heterocycles. The Hall–Kier alpha value is -2.93. The third-order valence-electron chi connectivity index (χ3n) is 6.02. The van der Waals surface area contributed by atoms with Gasteiger partial charge in [0.05, 0.1) is 32.7 Å². The SMILES string of the molecule is COC(=O)[C@H]1C[C@H]2CN(Cc3cccc(OC)c3F)CC(=O)N2[C@H]1c1ccccc1. The van der Waals surface area contributed by atoms with Crippen molar-refractivity contribution in [2.45, 2.75) is 25.0 Å². The minimum atomic E-state index is -0.417. The molecule has 0 aliphatic carbocycles. The highest BCUT2D eigenvalue weighted by Crippen LogP contribution is 2.43. The topological polar surface area (TPSA) is 59.1 Å². The highest BCUT2D eigenvalue weighted by atomic mass is 19.1. The molecule has 2 saturated heterocycles. The molecule has 2 aromatic carbocycles. The van der Waals surface area contributed by atoms with E-state index >= 15 is 0 Å². The van der Waals surface area contributed by atoms with Crippen LogP contribution >= 0.6 is 0 Å². The predicted octanol–water partition coefficient (Wildman–Crippen LogP) is 2.78. The summed E-state index contributed by atoms with van der Waals surface area (Å²) in [7, 11) is 2.81. The molecule has 3 atom stereocenters. The summed E-state index contributed by atoms with van der Waals surface area (Å²) in [5, 5.41) is 0. The second kappa shape index (κ2) is 8.44. The molecule has 2 fully saturated rings. The third-order valence-corrected chi connectivity index (χ3v) is 6.02. The summed E-state index contributed by atoms with van der Waals surface area (Å²) >= 11 is 0. The van der Waals surface area contributed by atoms with Gasteiger partial charge < -0.3 is 14.4 Å². The number of amides is 1. The van der Waals surface area contributed by atoms with Crippen LogP contribution < -0.4 is 4.74 Å². The van der Waals surface area contributed by atoms with E-state index in [1.165, 1.54) is 14.2 Å². The van der Waals surface area contributed by atoms with Gasteiger partial charge in [-0.3, -0.25) is 14.5 Å². The van der Waals surface area contributed by atoms with Crippen molar-refractivity contribution in [3.8, 4) is 5.75 Å². The molecule has 6 nitrogen and oxygen atoms in total. The zero-order valence-electron chi connectivity index (χ0n) is 17.1. The van der Waals surface area contributed by atoms with Crippen LogP contribution in [0.4, 0.5) is 4.39 Å². The van der Waals surface area contributed by atoms with Crippen molar-refractivity contribution in [3.63, 3.8) is 0 Å². The van der Waals surface area contributed by atoms with Gasteiger partial charge >= 0.3 is 5.97 Å². The number of halogens is 1. The molecule has 0 radical (unpaired) electrons. The standard InChI is InChI=1S/C23H25FN2O4/c1-29-19-10-6-9-16(21(19)24)12-25-13-17-11-18(23(28)30-2)22(26(17)20(27)14-25)15-7-4-3-5-8-15/h3-10,17-18,22H,11-14H2,1-2H3/t17-,18-,22-/m0/s1. The number of hydrogen-bond donors (Lipinski definition) is 0. The van der Waals surface area contributed by atoms with Crippen LogP contribution in [0, 0.1) is 11.7 Å². The van der Waals surface area contributed by atoms with Crippen LogP contribution in [0.15, 0.2) is 48.5 Å². The van der Waals surface area contributed by atoms with Gasteiger partial charge in [0.1, 0.15) is 0 Å². The maximum absolute atomic E-state index is 14.6. The van der Waals surface area contributed by atoms with E-state index in [1.54, 1.807) is 18.2 Å². The van der Waals surface area contributed by atoms with Gasteiger partial charge in [0.25, 0.3) is 0 Å². The number of rotatable bonds is 5. The molecule has 158 valence electrons. The lowest BCUT2D eigenvalue weighted by atomic mass is 9.93. The average molecular weight is 412 g/mol. The minimum Gasteiger partial charge on any atom is -0.494 e. The first-order valence-electron chi connectivity index (χ1n) is 10.0. The van der Waals surface area contributed by atoms with E-state index in [4.69, 9.17) is 9.47 Å². The summed E-state index contributed by atoms with van der Waals surface area (Å²) in [6.45, 7) is 1.04. The number of esters is 1. The highest BCUT2D eigenvalue weighted by molar-refractivity contribution is 5.83. The summed E-state index contributed by atoms with van der Waals surface area (Å²) in [5.41, 5.74) is 1.41. The molecule has 2 aliphatic rings. The number of ether oxygens (including phenoxy) is 2. The zero-order valence-corrected chi connectivity index (χ0v) is 17.1. The van der Waals surface area contributed by atoms with Crippen LogP contribution in [0.25, 0.3) is 0 Å². The van der Waals surface area contributed by atoms with Gasteiger partial charge in [0, 0.05) is 24.7 Å². The summed E-state index contributed by atoms with van der Waals surface area (Å²) in [6, 6.07) is 14.1. The molecule has 1 amide bonds. The maximum Gasteiger partial charge on any atom is 0.311 e. The third kappa shape index (κ3) is 3.65. The number of piperazine rings is 1. The first kappa shape index (κ1) is 20.3. The van der Waals surface area contributed by atoms with Gasteiger partial charge in [-0.25, -0.2) is 4.39 Å². The molecule has 0 bridgehead atoms. The molecule has 4 rings (SSSR count). The van der Waals surface area contributed by atoms with Crippen LogP contribution in [0.5, 0.6) is 5.75 Å². The second-order valence-corrected chi connectivity index (χ2v) is 7.78. The number of hydrogen-bond acceptors (Lipinski definition) is 5. The Morgan fingerprint density at radius 3 is 2.60 bits per heavy atom. The number of carbonyl (C=O) groups is 2. The van der Waals surface area contributed by atoms with E-state index in [9.17, 15) is 14.0 Å². The lowest BCUT2D eigenvalue weighted by Gasteiger charge is -2.40. The smallest absolute Gasteiger partial charge is 0.311 e. The molecule has 0 saturated carbocycles. The Balaban J connectivity index is 1.58. The molecule has 7 heteroatoms. The maximum atomic E-state index is 14.6. The molecule has 0 aromatic heterocycles. The van der Waals surface area contributed by atoms with Crippen LogP contribution in [-0.2, 0) is 20.9 Å². The second-order valence-electron chi connectivity index (χ2n) is 7.78. The Labute approximate surface area is 175 Å². The Kier molecular flexibility index (Phi) is 5.72. The fourth-order valence-electron chi connectivity index (χ4n) is 4.73. The van der Waals surface area contributed by atoms with Gasteiger partial charge in [-0.15, -0.1) is 0 Å². The zero-order chi connectivity index (χ0) is 21.3. The van der Waals surface area contributed by atoms with E-state index in [1.807, 2.05) is 40.1 Å². The van der Waals surface area contributed by atoms with Crippen LogP contribution in [0.3, 0.4) is 0 Å². The monoisotopic (exact) mass is 412 g/mol. The largest absolute Gasteiger partial charge is 0.494 e. The van der Waals surface area contributed by atoms with Crippen molar-refractivity contribution in [1.82, 2.24) is 9.80 Å². The molecular formula is C23H25FN2O4. The number of fused-ring (bicyclic) bond motifs is 1. The van der Waals surface area contributed by atoms with E-state index in [0.717, 1.165) is 5.56 Å². The molecule has 2 aromatic rings. The minimum absolute atomic E-state index is 0.0604. The van der Waals surface area contributed by atoms with Crippen molar-refractivity contribution in [2.75, 3.05) is 27.3 Å². The van der Waals surface area contributed by atoms with E-state index in [0.29, 0.717) is 25.1 Å². The summed E-state index contributed by atoms with van der Waals surface area (Å²) in [4.78, 5) is 29.4. The normalized spacial score (nSPS) is 23.9. The fraction of sp³-hybridized carbons (Fsp3) is 0.391. The molecular weight excluding hydrogens is 387 g/mol. The van der Waals surface area contributed by atoms with Gasteiger partial charge in [0.15, 0.2) is 11.6 Å². The Morgan fingerprint density at radius 1 is 1.13 bits per heavy atom. The summed E-state index contributed by atoms with van der Waals surface area (Å²) in [6.07, 6.45) is 0.523. The Bertz CT molecular complexity index is 936. The number of carbonyl (C=O) groups excluding carboxylic acids is 2. The van der Waals surface area contributed by atoms with Gasteiger partial charge in [-0.05, 0) is 18.1 Å². The molecule has 0 N–H and O–H groups in total. The number of benzene rings is 2. The first-order valence-corrected chi connectivity index (χ1v) is 10.0. The van der Waals surface area contributed by atoms with Crippen LogP contribution in [0.2, 0.25) is 0 Å². The summed E-state index contributed by atoms with van der Waals surface area (Å²) in [5.74, 6) is -1.00. The van der Waals surface area contributed by atoms with Crippen molar-refractivity contribution in [1.29, 1.82) is 0 Å². The number of methoxy groups -OCH3 is 2. The predicted molar refractivity (Wildman–Crippen MR) is 108 cm³/mol. The van der Waals surface area contributed by atoms with E-state index in [2.05, 4.69) is 0 Å². The molecule has 30 heavy (non-hydrogen) atoms. The van der Waals surface area contributed by atoms with Crippen LogP contribution in [-0.4, -0.2) is 55.0 Å². The average Bonchev–Trinajstić information content (AvgIpc) is 3.15. The van der Waals surface area contributed by atoms with Crippen LogP contribution in [0.1, 0.15) is 23.6 Å². The quantitative estimate of drug-likeness (QED) is 0.707. The molecule has 0 unspecified atom stereocenters. The summed E-state index contributed by atoms with van der Waals surface area (Å²) < 4.78 is 24.7. The van der Waals surface area contributed by atoms with Crippen molar-refractivity contribution in [2.24, 2.45) is 5.92 Å². The van der Waals surface area contributed by atoms with Crippen molar-refractivity contribution < 1.29 is 23.5 Å². The van der Waals surface area contributed by atoms with Gasteiger partial charge in [0.2, 0.25) is 5.91 Å². The Morgan fingerprint density at radius 2 is 1.90 bits per heavy atom. The fourth-order valence-corrected chi connectivity index (χ4v) is 4.73.